The molecule has 4 aliphatic rings. The van der Waals surface area contributed by atoms with Gasteiger partial charge in [-0.3, -0.25) is 24.1 Å². The van der Waals surface area contributed by atoms with Crippen molar-refractivity contribution >= 4 is 51.7 Å². The lowest BCUT2D eigenvalue weighted by Crippen LogP contribution is -2.58. The van der Waals surface area contributed by atoms with Gasteiger partial charge in [0.2, 0.25) is 11.8 Å². The van der Waals surface area contributed by atoms with Gasteiger partial charge >= 0.3 is 0 Å². The molecule has 0 aromatic heterocycles. The van der Waals surface area contributed by atoms with Gasteiger partial charge in [0.1, 0.15) is 5.75 Å². The van der Waals surface area contributed by atoms with Gasteiger partial charge in [-0.1, -0.05) is 90.5 Å². The number of azo groups is 1. The van der Waals surface area contributed by atoms with E-state index in [0.29, 0.717) is 44.9 Å². The SMILES string of the molecule is Cc1cccc(C2C3=CCC4C(=O)N(c5ccc(N=Nc6ccc(N(C)C)cc6)cc5)C(=O)C4C3CC3C(=O)C(c4ccccc4)=CC(=O)C32c2ccccc2)c1O. The summed E-state index contributed by atoms with van der Waals surface area (Å²) in [6, 6.07) is 38.6. The van der Waals surface area contributed by atoms with Crippen LogP contribution in [0.2, 0.25) is 0 Å². The molecule has 1 aliphatic heterocycles. The van der Waals surface area contributed by atoms with Crippen LogP contribution in [0.5, 0.6) is 5.75 Å². The summed E-state index contributed by atoms with van der Waals surface area (Å²) in [5, 5.41) is 20.5. The number of aromatic hydroxyl groups is 1. The van der Waals surface area contributed by atoms with E-state index in [-0.39, 0.29) is 42.0 Å². The molecule has 1 saturated heterocycles. The number of amides is 2. The number of para-hydroxylation sites is 1. The molecule has 2 amide bonds. The Morgan fingerprint density at radius 1 is 0.724 bits per heavy atom. The van der Waals surface area contributed by atoms with Crippen LogP contribution in [0.15, 0.2) is 155 Å². The lowest BCUT2D eigenvalue weighted by molar-refractivity contribution is -0.135. The summed E-state index contributed by atoms with van der Waals surface area (Å²) in [7, 11) is 3.94. The number of Topliss-reactive ketones (excluding diaryl/α,β-unsaturated/α-hetero) is 1. The Kier molecular flexibility index (Phi) is 9.11. The number of aryl methyl sites for hydroxylation is 1. The number of nitrogens with zero attached hydrogens (tertiary/aromatic N) is 4. The first-order chi connectivity index (χ1) is 28.1. The quantitative estimate of drug-likeness (QED) is 0.100. The van der Waals surface area contributed by atoms with Gasteiger partial charge in [-0.15, -0.1) is 0 Å². The number of allylic oxidation sites excluding steroid dienone is 4. The number of hydrogen-bond acceptors (Lipinski definition) is 8. The molecule has 0 radical (unpaired) electrons. The molecule has 9 nitrogen and oxygen atoms in total. The van der Waals surface area contributed by atoms with Crippen LogP contribution in [0.1, 0.15) is 41.0 Å². The predicted molar refractivity (Wildman–Crippen MR) is 223 cm³/mol. The standard InChI is InChI=1S/C49H42N4O5/c1-29-11-10-16-38(45(29)55)44-36-25-26-37-43(48(58)53(47(37)57)35-23-19-33(20-24-35)51-50-32-17-21-34(22-18-32)52(2)3)40(36)27-41-46(56)39(30-12-6-4-7-13-30)28-42(54)49(41,44)31-14-8-5-9-15-31/h4-25,28,37,40-41,43-44,55H,26-27H2,1-3H3. The van der Waals surface area contributed by atoms with E-state index in [4.69, 9.17) is 0 Å². The molecular weight excluding hydrogens is 725 g/mol. The van der Waals surface area contributed by atoms with E-state index >= 15 is 9.59 Å². The third-order valence-electron chi connectivity index (χ3n) is 12.7. The van der Waals surface area contributed by atoms with E-state index in [1.54, 1.807) is 24.3 Å². The number of anilines is 2. The van der Waals surface area contributed by atoms with Gasteiger partial charge in [0.25, 0.3) is 0 Å². The maximum absolute atomic E-state index is 15.2. The molecule has 6 atom stereocenters. The van der Waals surface area contributed by atoms with Gasteiger partial charge in [0.05, 0.1) is 34.3 Å². The van der Waals surface area contributed by atoms with Gasteiger partial charge in [0.15, 0.2) is 11.6 Å². The zero-order valence-corrected chi connectivity index (χ0v) is 32.4. The number of benzene rings is 5. The summed E-state index contributed by atoms with van der Waals surface area (Å²) in [6.45, 7) is 1.81. The van der Waals surface area contributed by atoms with Gasteiger partial charge < -0.3 is 10.0 Å². The minimum absolute atomic E-state index is 0.0431. The fourth-order valence-corrected chi connectivity index (χ4v) is 9.99. The van der Waals surface area contributed by atoms with E-state index in [1.165, 1.54) is 11.0 Å². The Labute approximate surface area is 337 Å². The maximum atomic E-state index is 15.2. The second-order valence-corrected chi connectivity index (χ2v) is 15.9. The van der Waals surface area contributed by atoms with Crippen LogP contribution in [0.4, 0.5) is 22.7 Å². The summed E-state index contributed by atoms with van der Waals surface area (Å²) in [5.74, 6) is -4.67. The van der Waals surface area contributed by atoms with E-state index in [9.17, 15) is 14.7 Å². The van der Waals surface area contributed by atoms with Crippen molar-refractivity contribution in [3.63, 3.8) is 0 Å². The van der Waals surface area contributed by atoms with Gasteiger partial charge in [-0.2, -0.15) is 10.2 Å². The fraction of sp³-hybridized carbons (Fsp3) is 0.224. The molecule has 1 saturated carbocycles. The van der Waals surface area contributed by atoms with Crippen LogP contribution in [-0.2, 0) is 24.6 Å². The summed E-state index contributed by atoms with van der Waals surface area (Å²) < 4.78 is 0. The third kappa shape index (κ3) is 5.75. The number of fused-ring (bicyclic) bond motifs is 4. The molecule has 9 rings (SSSR count). The number of ketones is 2. The van der Waals surface area contributed by atoms with Crippen LogP contribution >= 0.6 is 0 Å². The van der Waals surface area contributed by atoms with E-state index in [2.05, 4.69) is 10.2 Å². The highest BCUT2D eigenvalue weighted by atomic mass is 16.3. The molecule has 288 valence electrons. The lowest BCUT2D eigenvalue weighted by atomic mass is 9.44. The fourth-order valence-electron chi connectivity index (χ4n) is 9.99. The first kappa shape index (κ1) is 36.9. The molecule has 1 N–H and O–H groups in total. The molecule has 0 bridgehead atoms. The molecule has 0 spiro atoms. The number of phenolic OH excluding ortho intramolecular Hbond substituents is 1. The third-order valence-corrected chi connectivity index (χ3v) is 12.7. The number of phenols is 1. The molecule has 3 aliphatic carbocycles. The lowest BCUT2D eigenvalue weighted by Gasteiger charge is -2.55. The van der Waals surface area contributed by atoms with Crippen molar-refractivity contribution in [2.45, 2.75) is 31.1 Å². The topological polar surface area (TPSA) is 120 Å². The number of rotatable bonds is 7. The summed E-state index contributed by atoms with van der Waals surface area (Å²) in [5.41, 5.74) is 4.92. The smallest absolute Gasteiger partial charge is 0.238 e. The average molecular weight is 767 g/mol. The molecule has 5 aromatic rings. The van der Waals surface area contributed by atoms with Gasteiger partial charge in [-0.05, 0) is 97.0 Å². The Bertz CT molecular complexity index is 2560. The Morgan fingerprint density at radius 2 is 1.36 bits per heavy atom. The van der Waals surface area contributed by atoms with Gasteiger partial charge in [0, 0.05) is 42.8 Å². The van der Waals surface area contributed by atoms with Crippen molar-refractivity contribution in [3.8, 4) is 5.75 Å². The Hall–Kier alpha value is -6.74. The zero-order valence-electron chi connectivity index (χ0n) is 32.4. The highest BCUT2D eigenvalue weighted by Crippen LogP contribution is 2.64. The van der Waals surface area contributed by atoms with Crippen LogP contribution in [0, 0.1) is 30.6 Å². The molecule has 58 heavy (non-hydrogen) atoms. The normalized spacial score (nSPS) is 25.2. The highest BCUT2D eigenvalue weighted by Gasteiger charge is 2.66. The minimum atomic E-state index is -1.42. The van der Waals surface area contributed by atoms with Crippen molar-refractivity contribution in [1.29, 1.82) is 0 Å². The Morgan fingerprint density at radius 3 is 2.02 bits per heavy atom. The second kappa shape index (κ2) is 14.3. The van der Waals surface area contributed by atoms with E-state index in [0.717, 1.165) is 11.3 Å². The minimum Gasteiger partial charge on any atom is -0.507 e. The largest absolute Gasteiger partial charge is 0.507 e. The first-order valence-corrected chi connectivity index (χ1v) is 19.7. The second-order valence-electron chi connectivity index (χ2n) is 15.9. The zero-order chi connectivity index (χ0) is 40.3. The van der Waals surface area contributed by atoms with Crippen LogP contribution in [0.3, 0.4) is 0 Å². The average Bonchev–Trinajstić information content (AvgIpc) is 3.51. The molecule has 9 heteroatoms. The van der Waals surface area contributed by atoms with Crippen LogP contribution in [0.25, 0.3) is 5.57 Å². The monoisotopic (exact) mass is 766 g/mol. The molecule has 5 aromatic carbocycles. The highest BCUT2D eigenvalue weighted by molar-refractivity contribution is 6.32. The number of imide groups is 1. The molecule has 2 fully saturated rings. The molecule has 6 unspecified atom stereocenters. The number of carbonyl (C=O) groups is 4. The van der Waals surface area contributed by atoms with Crippen molar-refractivity contribution in [2.75, 3.05) is 23.9 Å². The van der Waals surface area contributed by atoms with Gasteiger partial charge in [-0.25, -0.2) is 0 Å². The van der Waals surface area contributed by atoms with E-state index < -0.39 is 35.0 Å². The number of hydrogen-bond donors (Lipinski definition) is 1. The van der Waals surface area contributed by atoms with Crippen molar-refractivity contribution in [2.24, 2.45) is 33.9 Å². The van der Waals surface area contributed by atoms with Crippen LogP contribution in [-0.4, -0.2) is 42.6 Å². The number of carbonyl (C=O) groups excluding carboxylic acids is 4. The summed E-state index contributed by atoms with van der Waals surface area (Å²) in [6.07, 6.45) is 3.96. The van der Waals surface area contributed by atoms with Crippen LogP contribution < -0.4 is 9.80 Å². The summed E-state index contributed by atoms with van der Waals surface area (Å²) in [4.78, 5) is 62.8. The van der Waals surface area contributed by atoms with E-state index in [1.807, 2.05) is 135 Å². The maximum Gasteiger partial charge on any atom is 0.238 e. The molecule has 1 heterocycles. The Balaban J connectivity index is 1.12. The van der Waals surface area contributed by atoms with Crippen molar-refractivity contribution < 1.29 is 24.3 Å². The molecular formula is C49H42N4O5. The van der Waals surface area contributed by atoms with Crippen molar-refractivity contribution in [3.05, 3.63) is 167 Å². The first-order valence-electron chi connectivity index (χ1n) is 19.7. The summed E-state index contributed by atoms with van der Waals surface area (Å²) >= 11 is 0. The van der Waals surface area contributed by atoms with Crippen molar-refractivity contribution in [1.82, 2.24) is 0 Å². The predicted octanol–water partition coefficient (Wildman–Crippen LogP) is 9.21.